The number of amides is 1. The largest absolute Gasteiger partial charge is 0.383 e. The molecule has 0 radical (unpaired) electrons. The van der Waals surface area contributed by atoms with Crippen molar-refractivity contribution in [2.24, 2.45) is 0 Å². The average molecular weight is 470 g/mol. The summed E-state index contributed by atoms with van der Waals surface area (Å²) in [6.07, 6.45) is 0. The topological polar surface area (TPSA) is 69.0 Å². The number of methoxy groups -OCH3 is 1. The molecule has 0 aliphatic rings. The molecule has 140 valence electrons. The zero-order valence-electron chi connectivity index (χ0n) is 14.2. The molecule has 0 saturated heterocycles. The van der Waals surface area contributed by atoms with Crippen molar-refractivity contribution in [1.29, 1.82) is 0 Å². The Morgan fingerprint density at radius 2 is 1.93 bits per heavy atom. The van der Waals surface area contributed by atoms with E-state index in [4.69, 9.17) is 27.9 Å². The number of carbonyl (C=O) groups excluding carboxylic acids is 1. The second-order valence-electron chi connectivity index (χ2n) is 5.52. The van der Waals surface area contributed by atoms with Crippen LogP contribution in [0.5, 0.6) is 0 Å². The zero-order chi connectivity index (χ0) is 19.4. The first-order valence-corrected chi connectivity index (χ1v) is 9.50. The van der Waals surface area contributed by atoms with Gasteiger partial charge in [0.15, 0.2) is 5.82 Å². The molecule has 2 aromatic carbocycles. The molecule has 0 aliphatic heterocycles. The summed E-state index contributed by atoms with van der Waals surface area (Å²) in [5.41, 5.74) is 1.44. The summed E-state index contributed by atoms with van der Waals surface area (Å²) in [4.78, 5) is 16.8. The fourth-order valence-electron chi connectivity index (χ4n) is 2.34. The minimum Gasteiger partial charge on any atom is -0.383 e. The van der Waals surface area contributed by atoms with Crippen LogP contribution in [0.4, 0.5) is 0 Å². The number of ether oxygens (including phenoxy) is 1. The first kappa shape index (κ1) is 19.8. The van der Waals surface area contributed by atoms with Crippen LogP contribution in [0, 0.1) is 0 Å². The van der Waals surface area contributed by atoms with Crippen molar-refractivity contribution in [3.8, 4) is 17.1 Å². The SMILES string of the molecule is COCCNC(=O)c1nc(-c2ccc(Br)cc2)n(-c2ccc(Cl)c(Cl)c2)n1. The van der Waals surface area contributed by atoms with Crippen LogP contribution in [0.1, 0.15) is 10.6 Å². The van der Waals surface area contributed by atoms with E-state index in [0.29, 0.717) is 34.7 Å². The summed E-state index contributed by atoms with van der Waals surface area (Å²) in [6.45, 7) is 0.767. The van der Waals surface area contributed by atoms with Gasteiger partial charge in [0.1, 0.15) is 0 Å². The lowest BCUT2D eigenvalue weighted by atomic mass is 10.2. The molecule has 0 spiro atoms. The van der Waals surface area contributed by atoms with Gasteiger partial charge in [0, 0.05) is 23.7 Å². The average Bonchev–Trinajstić information content (AvgIpc) is 3.10. The van der Waals surface area contributed by atoms with Crippen LogP contribution < -0.4 is 5.32 Å². The van der Waals surface area contributed by atoms with Gasteiger partial charge in [-0.2, -0.15) is 0 Å². The molecule has 0 bridgehead atoms. The predicted molar refractivity (Wildman–Crippen MR) is 109 cm³/mol. The summed E-state index contributed by atoms with van der Waals surface area (Å²) in [7, 11) is 1.56. The van der Waals surface area contributed by atoms with Crippen molar-refractivity contribution >= 4 is 45.0 Å². The molecule has 3 rings (SSSR count). The van der Waals surface area contributed by atoms with Gasteiger partial charge >= 0.3 is 0 Å². The highest BCUT2D eigenvalue weighted by Gasteiger charge is 2.19. The number of nitrogens with one attached hydrogen (secondary N) is 1. The molecule has 1 amide bonds. The van der Waals surface area contributed by atoms with E-state index in [1.54, 1.807) is 30.0 Å². The molecular formula is C18H15BrCl2N4O2. The van der Waals surface area contributed by atoms with Crippen molar-refractivity contribution in [2.75, 3.05) is 20.3 Å². The zero-order valence-corrected chi connectivity index (χ0v) is 17.3. The molecule has 1 N–H and O–H groups in total. The number of hydrogen-bond donors (Lipinski definition) is 1. The van der Waals surface area contributed by atoms with Gasteiger partial charge in [-0.05, 0) is 30.3 Å². The Bertz CT molecular complexity index is 960. The number of halogens is 3. The van der Waals surface area contributed by atoms with Crippen molar-refractivity contribution in [2.45, 2.75) is 0 Å². The molecule has 0 saturated carbocycles. The lowest BCUT2D eigenvalue weighted by Crippen LogP contribution is -2.28. The van der Waals surface area contributed by atoms with Gasteiger partial charge in [-0.3, -0.25) is 4.79 Å². The smallest absolute Gasteiger partial charge is 0.291 e. The molecular weight excluding hydrogens is 455 g/mol. The van der Waals surface area contributed by atoms with Gasteiger partial charge in [-0.1, -0.05) is 51.3 Å². The molecule has 1 aromatic heterocycles. The van der Waals surface area contributed by atoms with Crippen molar-refractivity contribution in [1.82, 2.24) is 20.1 Å². The van der Waals surface area contributed by atoms with Gasteiger partial charge in [-0.25, -0.2) is 9.67 Å². The molecule has 1 heterocycles. The molecule has 0 aliphatic carbocycles. The predicted octanol–water partition coefficient (Wildman–Crippen LogP) is 4.38. The number of nitrogens with zero attached hydrogens (tertiary/aromatic N) is 3. The lowest BCUT2D eigenvalue weighted by molar-refractivity contribution is 0.0927. The van der Waals surface area contributed by atoms with Crippen LogP contribution in [0.15, 0.2) is 46.9 Å². The van der Waals surface area contributed by atoms with E-state index < -0.39 is 0 Å². The van der Waals surface area contributed by atoms with E-state index in [-0.39, 0.29) is 11.7 Å². The minimum atomic E-state index is -0.385. The quantitative estimate of drug-likeness (QED) is 0.544. The van der Waals surface area contributed by atoms with Crippen molar-refractivity contribution < 1.29 is 9.53 Å². The fourth-order valence-corrected chi connectivity index (χ4v) is 2.89. The third-order valence-corrected chi connectivity index (χ3v) is 4.92. The Kier molecular flexibility index (Phi) is 6.49. The maximum absolute atomic E-state index is 12.4. The van der Waals surface area contributed by atoms with Crippen LogP contribution in [-0.4, -0.2) is 40.9 Å². The highest BCUT2D eigenvalue weighted by atomic mass is 79.9. The Morgan fingerprint density at radius 3 is 2.59 bits per heavy atom. The van der Waals surface area contributed by atoms with E-state index >= 15 is 0 Å². The summed E-state index contributed by atoms with van der Waals surface area (Å²) in [6, 6.07) is 12.7. The lowest BCUT2D eigenvalue weighted by Gasteiger charge is -2.07. The number of aromatic nitrogens is 3. The summed E-state index contributed by atoms with van der Waals surface area (Å²) < 4.78 is 7.44. The Balaban J connectivity index is 2.04. The van der Waals surface area contributed by atoms with Crippen molar-refractivity contribution in [3.05, 3.63) is 62.8 Å². The highest BCUT2D eigenvalue weighted by Crippen LogP contribution is 2.28. The van der Waals surface area contributed by atoms with E-state index in [2.05, 4.69) is 31.3 Å². The third-order valence-electron chi connectivity index (χ3n) is 3.65. The van der Waals surface area contributed by atoms with Gasteiger partial charge in [0.2, 0.25) is 5.82 Å². The maximum Gasteiger partial charge on any atom is 0.291 e. The third kappa shape index (κ3) is 4.68. The molecule has 27 heavy (non-hydrogen) atoms. The molecule has 3 aromatic rings. The second kappa shape index (κ2) is 8.84. The van der Waals surface area contributed by atoms with Crippen LogP contribution >= 0.6 is 39.1 Å². The Hall–Kier alpha value is -1.93. The number of rotatable bonds is 6. The van der Waals surface area contributed by atoms with Gasteiger partial charge in [0.05, 0.1) is 22.3 Å². The minimum absolute atomic E-state index is 0.0510. The first-order valence-electron chi connectivity index (χ1n) is 7.95. The van der Waals surface area contributed by atoms with E-state index in [0.717, 1.165) is 10.0 Å². The molecule has 0 fully saturated rings. The van der Waals surface area contributed by atoms with Gasteiger partial charge in [0.25, 0.3) is 5.91 Å². The standard InChI is InChI=1S/C18H15BrCl2N4O2/c1-27-9-8-22-18(26)16-23-17(11-2-4-12(19)5-3-11)25(24-16)13-6-7-14(20)15(21)10-13/h2-7,10H,8-9H2,1H3,(H,22,26). The van der Waals surface area contributed by atoms with E-state index in [9.17, 15) is 4.79 Å². The van der Waals surface area contributed by atoms with Crippen LogP contribution in [0.25, 0.3) is 17.1 Å². The monoisotopic (exact) mass is 468 g/mol. The fraction of sp³-hybridized carbons (Fsp3) is 0.167. The van der Waals surface area contributed by atoms with E-state index in [1.807, 2.05) is 24.3 Å². The Morgan fingerprint density at radius 1 is 1.19 bits per heavy atom. The molecule has 0 unspecified atom stereocenters. The van der Waals surface area contributed by atoms with Gasteiger partial charge < -0.3 is 10.1 Å². The second-order valence-corrected chi connectivity index (χ2v) is 7.25. The van der Waals surface area contributed by atoms with Gasteiger partial charge in [-0.15, -0.1) is 5.10 Å². The number of hydrogen-bond acceptors (Lipinski definition) is 4. The molecule has 6 nitrogen and oxygen atoms in total. The number of carbonyl (C=O) groups is 1. The van der Waals surface area contributed by atoms with Crippen molar-refractivity contribution in [3.63, 3.8) is 0 Å². The van der Waals surface area contributed by atoms with Crippen LogP contribution in [0.2, 0.25) is 10.0 Å². The molecule has 0 atom stereocenters. The highest BCUT2D eigenvalue weighted by molar-refractivity contribution is 9.10. The summed E-state index contributed by atoms with van der Waals surface area (Å²) >= 11 is 15.6. The summed E-state index contributed by atoms with van der Waals surface area (Å²) in [5.74, 6) is 0.178. The normalized spacial score (nSPS) is 10.8. The van der Waals surface area contributed by atoms with Crippen LogP contribution in [0.3, 0.4) is 0 Å². The van der Waals surface area contributed by atoms with E-state index in [1.165, 1.54) is 0 Å². The van der Waals surface area contributed by atoms with Crippen LogP contribution in [-0.2, 0) is 4.74 Å². The first-order chi connectivity index (χ1) is 13.0. The maximum atomic E-state index is 12.4. The number of benzene rings is 2. The summed E-state index contributed by atoms with van der Waals surface area (Å²) in [5, 5.41) is 7.90. The Labute approximate surface area is 174 Å². The molecule has 9 heteroatoms.